The summed E-state index contributed by atoms with van der Waals surface area (Å²) in [5.41, 5.74) is 2.54. The van der Waals surface area contributed by atoms with Crippen molar-refractivity contribution in [2.75, 3.05) is 0 Å². The molecule has 2 heteroatoms. The first-order valence-electron chi connectivity index (χ1n) is 4.39. The second-order valence-corrected chi connectivity index (χ2v) is 4.47. The van der Waals surface area contributed by atoms with Crippen LogP contribution in [0, 0.1) is 6.92 Å². The van der Waals surface area contributed by atoms with Crippen LogP contribution in [-0.4, -0.2) is 0 Å². The molecule has 1 aromatic heterocycles. The van der Waals surface area contributed by atoms with E-state index in [4.69, 9.17) is 11.6 Å². The van der Waals surface area contributed by atoms with Crippen molar-refractivity contribution in [2.24, 2.45) is 0 Å². The number of benzene rings is 1. The van der Waals surface area contributed by atoms with Crippen molar-refractivity contribution in [2.45, 2.75) is 20.3 Å². The lowest BCUT2D eigenvalue weighted by atomic mass is 10.1. The van der Waals surface area contributed by atoms with Crippen LogP contribution in [0.2, 0.25) is 5.02 Å². The normalized spacial score (nSPS) is 11.0. The monoisotopic (exact) mass is 210 g/mol. The van der Waals surface area contributed by atoms with E-state index in [0.717, 1.165) is 11.4 Å². The molecule has 13 heavy (non-hydrogen) atoms. The Hall–Kier alpha value is -0.530. The van der Waals surface area contributed by atoms with Crippen molar-refractivity contribution in [3.8, 4) is 0 Å². The zero-order valence-corrected chi connectivity index (χ0v) is 9.30. The average molecular weight is 211 g/mol. The third-order valence-corrected chi connectivity index (χ3v) is 3.81. The first-order chi connectivity index (χ1) is 6.24. The minimum absolute atomic E-state index is 0.926. The van der Waals surface area contributed by atoms with Crippen molar-refractivity contribution < 1.29 is 0 Å². The molecule has 1 heterocycles. The molecule has 0 atom stereocenters. The van der Waals surface area contributed by atoms with Gasteiger partial charge in [-0.25, -0.2) is 0 Å². The highest BCUT2D eigenvalue weighted by Gasteiger charge is 2.07. The Balaban J connectivity index is 2.85. The number of rotatable bonds is 1. The molecular weight excluding hydrogens is 200 g/mol. The molecule has 0 nitrogen and oxygen atoms in total. The van der Waals surface area contributed by atoms with Crippen LogP contribution in [0.25, 0.3) is 10.1 Å². The maximum absolute atomic E-state index is 6.26. The summed E-state index contributed by atoms with van der Waals surface area (Å²) in [4.78, 5) is 0. The van der Waals surface area contributed by atoms with Gasteiger partial charge in [-0.1, -0.05) is 24.6 Å². The number of fused-ring (bicyclic) bond motifs is 1. The molecule has 0 unspecified atom stereocenters. The van der Waals surface area contributed by atoms with E-state index in [1.807, 2.05) is 0 Å². The molecule has 0 aliphatic carbocycles. The Morgan fingerprint density at radius 2 is 2.15 bits per heavy atom. The van der Waals surface area contributed by atoms with Crippen molar-refractivity contribution >= 4 is 33.0 Å². The lowest BCUT2D eigenvalue weighted by molar-refractivity contribution is 1.17. The fourth-order valence-corrected chi connectivity index (χ4v) is 2.91. The van der Waals surface area contributed by atoms with Crippen LogP contribution < -0.4 is 0 Å². The fourth-order valence-electron chi connectivity index (χ4n) is 1.51. The highest BCUT2D eigenvalue weighted by Crippen LogP contribution is 2.34. The van der Waals surface area contributed by atoms with Gasteiger partial charge in [-0.05, 0) is 35.9 Å². The summed E-state index contributed by atoms with van der Waals surface area (Å²) in [6, 6.07) is 4.24. The maximum atomic E-state index is 6.26. The number of halogens is 1. The molecule has 0 amide bonds. The van der Waals surface area contributed by atoms with E-state index in [-0.39, 0.29) is 0 Å². The molecule has 1 aromatic carbocycles. The summed E-state index contributed by atoms with van der Waals surface area (Å²) in [5.74, 6) is 0. The van der Waals surface area contributed by atoms with E-state index < -0.39 is 0 Å². The zero-order chi connectivity index (χ0) is 9.42. The lowest BCUT2D eigenvalue weighted by Gasteiger charge is -2.01. The van der Waals surface area contributed by atoms with Gasteiger partial charge in [0, 0.05) is 10.1 Å². The van der Waals surface area contributed by atoms with Crippen molar-refractivity contribution in [1.29, 1.82) is 0 Å². The van der Waals surface area contributed by atoms with Crippen molar-refractivity contribution in [3.63, 3.8) is 0 Å². The second-order valence-electron chi connectivity index (χ2n) is 3.18. The lowest BCUT2D eigenvalue weighted by Crippen LogP contribution is -1.80. The van der Waals surface area contributed by atoms with E-state index in [9.17, 15) is 0 Å². The highest BCUT2D eigenvalue weighted by atomic mass is 35.5. The molecule has 0 aliphatic heterocycles. The predicted octanol–water partition coefficient (Wildman–Crippen LogP) is 4.43. The van der Waals surface area contributed by atoms with Crippen molar-refractivity contribution in [3.05, 3.63) is 33.7 Å². The Labute approximate surface area is 87.2 Å². The molecule has 0 N–H and O–H groups in total. The number of hydrogen-bond donors (Lipinski definition) is 0. The van der Waals surface area contributed by atoms with E-state index in [2.05, 4.69) is 31.4 Å². The zero-order valence-electron chi connectivity index (χ0n) is 7.73. The Kier molecular flexibility index (Phi) is 2.31. The number of hydrogen-bond acceptors (Lipinski definition) is 1. The molecule has 68 valence electrons. The molecule has 0 aliphatic rings. The second kappa shape index (κ2) is 3.32. The smallest absolute Gasteiger partial charge is 0.0524 e. The SMILES string of the molecule is CCc1csc2ccc(C)c(Cl)c12. The van der Waals surface area contributed by atoms with Crippen LogP contribution in [0.15, 0.2) is 17.5 Å². The largest absolute Gasteiger partial charge is 0.143 e. The molecule has 0 spiro atoms. The Morgan fingerprint density at radius 1 is 1.38 bits per heavy atom. The molecule has 0 bridgehead atoms. The topological polar surface area (TPSA) is 0 Å². The van der Waals surface area contributed by atoms with Crippen LogP contribution in [0.1, 0.15) is 18.1 Å². The molecular formula is C11H11ClS. The molecule has 0 radical (unpaired) electrons. The van der Waals surface area contributed by atoms with Gasteiger partial charge in [0.15, 0.2) is 0 Å². The van der Waals surface area contributed by atoms with Gasteiger partial charge >= 0.3 is 0 Å². The van der Waals surface area contributed by atoms with Crippen LogP contribution >= 0.6 is 22.9 Å². The summed E-state index contributed by atoms with van der Waals surface area (Å²) in [5, 5.41) is 4.39. The highest BCUT2D eigenvalue weighted by molar-refractivity contribution is 7.17. The minimum atomic E-state index is 0.926. The first-order valence-corrected chi connectivity index (χ1v) is 5.65. The van der Waals surface area contributed by atoms with Gasteiger partial charge in [-0.15, -0.1) is 11.3 Å². The van der Waals surface area contributed by atoms with Crippen molar-refractivity contribution in [1.82, 2.24) is 0 Å². The third-order valence-electron chi connectivity index (χ3n) is 2.33. The number of thiophene rings is 1. The average Bonchev–Trinajstić information content (AvgIpc) is 2.55. The van der Waals surface area contributed by atoms with Crippen LogP contribution in [0.4, 0.5) is 0 Å². The van der Waals surface area contributed by atoms with Gasteiger partial charge in [-0.3, -0.25) is 0 Å². The van der Waals surface area contributed by atoms with Gasteiger partial charge < -0.3 is 0 Å². The van der Waals surface area contributed by atoms with Gasteiger partial charge in [0.2, 0.25) is 0 Å². The van der Waals surface area contributed by atoms with Crippen LogP contribution in [-0.2, 0) is 6.42 Å². The van der Waals surface area contributed by atoms with Gasteiger partial charge in [0.1, 0.15) is 0 Å². The molecule has 2 aromatic rings. The third kappa shape index (κ3) is 1.36. The van der Waals surface area contributed by atoms with Crippen LogP contribution in [0.3, 0.4) is 0 Å². The maximum Gasteiger partial charge on any atom is 0.0524 e. The Bertz CT molecular complexity index is 443. The molecule has 0 saturated carbocycles. The minimum Gasteiger partial charge on any atom is -0.143 e. The first kappa shape index (κ1) is 9.04. The van der Waals surface area contributed by atoms with Gasteiger partial charge in [-0.2, -0.15) is 0 Å². The summed E-state index contributed by atoms with van der Waals surface area (Å²) in [6.07, 6.45) is 1.06. The summed E-state index contributed by atoms with van der Waals surface area (Å²) < 4.78 is 1.30. The molecule has 2 rings (SSSR count). The fraction of sp³-hybridized carbons (Fsp3) is 0.273. The number of aryl methyl sites for hydroxylation is 2. The van der Waals surface area contributed by atoms with E-state index in [1.54, 1.807) is 11.3 Å². The summed E-state index contributed by atoms with van der Waals surface area (Å²) in [7, 11) is 0. The standard InChI is InChI=1S/C11H11ClS/c1-3-8-6-13-9-5-4-7(2)11(12)10(8)9/h4-6H,3H2,1-2H3. The van der Waals surface area contributed by atoms with E-state index >= 15 is 0 Å². The quantitative estimate of drug-likeness (QED) is 0.654. The van der Waals surface area contributed by atoms with Crippen LogP contribution in [0.5, 0.6) is 0 Å². The molecule has 0 fully saturated rings. The summed E-state index contributed by atoms with van der Waals surface area (Å²) in [6.45, 7) is 4.22. The Morgan fingerprint density at radius 3 is 2.85 bits per heavy atom. The predicted molar refractivity (Wildman–Crippen MR) is 61.0 cm³/mol. The summed E-state index contributed by atoms with van der Waals surface area (Å²) >= 11 is 8.03. The van der Waals surface area contributed by atoms with E-state index in [0.29, 0.717) is 0 Å². The van der Waals surface area contributed by atoms with E-state index in [1.165, 1.54) is 21.2 Å². The molecule has 0 saturated heterocycles. The van der Waals surface area contributed by atoms with Gasteiger partial charge in [0.05, 0.1) is 5.02 Å². The van der Waals surface area contributed by atoms with Gasteiger partial charge in [0.25, 0.3) is 0 Å².